The Kier molecular flexibility index (Phi) is 10.8. The molecule has 0 aromatic carbocycles. The maximum atomic E-state index is 11.4. The van der Waals surface area contributed by atoms with Crippen LogP contribution in [0.2, 0.25) is 0 Å². The lowest BCUT2D eigenvalue weighted by molar-refractivity contribution is 0.144. The van der Waals surface area contributed by atoms with Gasteiger partial charge in [-0.15, -0.1) is 0 Å². The number of alkyl carbamates (subject to hydrolysis) is 1. The molecular weight excluding hydrogens is 250 g/mol. The normalized spacial score (nSPS) is 11.4. The lowest BCUT2D eigenvalue weighted by atomic mass is 10.1. The maximum absolute atomic E-state index is 11.4. The van der Waals surface area contributed by atoms with Crippen molar-refractivity contribution in [1.82, 2.24) is 5.32 Å². The molecule has 0 aliphatic carbocycles. The summed E-state index contributed by atoms with van der Waals surface area (Å²) in [7, 11) is 0. The second kappa shape index (κ2) is 11.6. The minimum atomic E-state index is -0.317. The van der Waals surface area contributed by atoms with E-state index in [4.69, 9.17) is 4.74 Å². The van der Waals surface area contributed by atoms with Crippen molar-refractivity contribution in [2.45, 2.75) is 60.3 Å². The summed E-state index contributed by atoms with van der Waals surface area (Å²) >= 11 is 0. The average Bonchev–Trinajstić information content (AvgIpc) is 2.34. The van der Waals surface area contributed by atoms with Crippen molar-refractivity contribution in [2.24, 2.45) is 5.92 Å². The Hall–Kier alpha value is -1.25. The summed E-state index contributed by atoms with van der Waals surface area (Å²) in [6, 6.07) is 0. The van der Waals surface area contributed by atoms with Crippen molar-refractivity contribution in [3.63, 3.8) is 0 Å². The zero-order valence-electron chi connectivity index (χ0n) is 13.8. The average molecular weight is 281 g/mol. The van der Waals surface area contributed by atoms with Crippen LogP contribution in [-0.2, 0) is 4.74 Å². The number of carbonyl (C=O) groups excluding carboxylic acids is 1. The van der Waals surface area contributed by atoms with Crippen LogP contribution in [0.15, 0.2) is 23.3 Å². The van der Waals surface area contributed by atoms with Gasteiger partial charge in [0.1, 0.15) is 0 Å². The van der Waals surface area contributed by atoms with Crippen LogP contribution in [0, 0.1) is 5.92 Å². The Bertz CT molecular complexity index is 326. The number of amides is 1. The zero-order valence-corrected chi connectivity index (χ0v) is 13.8. The van der Waals surface area contributed by atoms with Crippen LogP contribution in [0.5, 0.6) is 0 Å². The molecule has 0 saturated heterocycles. The molecule has 0 aliphatic heterocycles. The number of carbonyl (C=O) groups is 1. The first kappa shape index (κ1) is 18.8. The summed E-state index contributed by atoms with van der Waals surface area (Å²) in [4.78, 5) is 11.4. The van der Waals surface area contributed by atoms with E-state index in [-0.39, 0.29) is 6.09 Å². The van der Waals surface area contributed by atoms with E-state index in [2.05, 4.69) is 46.0 Å². The topological polar surface area (TPSA) is 38.3 Å². The smallest absolute Gasteiger partial charge is 0.407 e. The number of ether oxygens (including phenoxy) is 1. The summed E-state index contributed by atoms with van der Waals surface area (Å²) in [5.74, 6) is 0.660. The van der Waals surface area contributed by atoms with Crippen molar-refractivity contribution in [3.05, 3.63) is 23.3 Å². The van der Waals surface area contributed by atoms with Crippen LogP contribution < -0.4 is 5.32 Å². The third-order valence-corrected chi connectivity index (χ3v) is 2.95. The van der Waals surface area contributed by atoms with Crippen LogP contribution in [0.25, 0.3) is 0 Å². The lowest BCUT2D eigenvalue weighted by Crippen LogP contribution is -2.24. The van der Waals surface area contributed by atoms with Gasteiger partial charge in [-0.3, -0.25) is 0 Å². The van der Waals surface area contributed by atoms with Gasteiger partial charge in [-0.05, 0) is 52.4 Å². The molecule has 20 heavy (non-hydrogen) atoms. The summed E-state index contributed by atoms with van der Waals surface area (Å²) in [6.45, 7) is 11.7. The molecule has 0 spiro atoms. The van der Waals surface area contributed by atoms with Gasteiger partial charge in [-0.1, -0.05) is 37.1 Å². The summed E-state index contributed by atoms with van der Waals surface area (Å²) in [6.07, 6.45) is 8.09. The van der Waals surface area contributed by atoms with Crippen molar-refractivity contribution in [1.29, 1.82) is 0 Å². The third kappa shape index (κ3) is 13.2. The van der Waals surface area contributed by atoms with Crippen LogP contribution >= 0.6 is 0 Å². The molecule has 1 N–H and O–H groups in total. The molecule has 1 amide bonds. The maximum Gasteiger partial charge on any atom is 0.407 e. The standard InChI is InChI=1S/C17H31NO2/c1-14(2)8-6-10-16(5)11-12-18-17(19)20-13-7-9-15(3)4/h8,11,15H,6-7,9-10,12-13H2,1-5H3,(H,18,19)/b16-11+. The van der Waals surface area contributed by atoms with Gasteiger partial charge >= 0.3 is 6.09 Å². The van der Waals surface area contributed by atoms with E-state index in [0.29, 0.717) is 19.1 Å². The lowest BCUT2D eigenvalue weighted by Gasteiger charge is -2.07. The van der Waals surface area contributed by atoms with E-state index in [1.54, 1.807) is 0 Å². The Balaban J connectivity index is 3.65. The summed E-state index contributed by atoms with van der Waals surface area (Å²) in [5.41, 5.74) is 2.64. The van der Waals surface area contributed by atoms with E-state index >= 15 is 0 Å². The molecule has 0 atom stereocenters. The molecular formula is C17H31NO2. The highest BCUT2D eigenvalue weighted by Gasteiger charge is 2.00. The molecule has 0 bridgehead atoms. The molecule has 0 radical (unpaired) electrons. The largest absolute Gasteiger partial charge is 0.450 e. The molecule has 116 valence electrons. The van der Waals surface area contributed by atoms with Gasteiger partial charge in [0.2, 0.25) is 0 Å². The van der Waals surface area contributed by atoms with Crippen LogP contribution in [0.3, 0.4) is 0 Å². The van der Waals surface area contributed by atoms with Gasteiger partial charge in [0.15, 0.2) is 0 Å². The number of hydrogen-bond acceptors (Lipinski definition) is 2. The quantitative estimate of drug-likeness (QED) is 0.485. The molecule has 0 rings (SSSR count). The molecule has 0 unspecified atom stereocenters. The molecule has 3 heteroatoms. The SMILES string of the molecule is CC(C)=CCC/C(C)=C/CNC(=O)OCCCC(C)C. The van der Waals surface area contributed by atoms with Crippen molar-refractivity contribution in [3.8, 4) is 0 Å². The highest BCUT2D eigenvalue weighted by molar-refractivity contribution is 5.67. The summed E-state index contributed by atoms with van der Waals surface area (Å²) in [5, 5.41) is 2.75. The van der Waals surface area contributed by atoms with Crippen molar-refractivity contribution < 1.29 is 9.53 Å². The Morgan fingerprint density at radius 2 is 1.90 bits per heavy atom. The second-order valence-electron chi connectivity index (χ2n) is 5.92. The fraction of sp³-hybridized carbons (Fsp3) is 0.706. The Morgan fingerprint density at radius 3 is 2.50 bits per heavy atom. The van der Waals surface area contributed by atoms with Crippen LogP contribution in [0.1, 0.15) is 60.3 Å². The van der Waals surface area contributed by atoms with E-state index in [1.165, 1.54) is 11.1 Å². The molecule has 0 aliphatic rings. The minimum absolute atomic E-state index is 0.317. The van der Waals surface area contributed by atoms with E-state index in [0.717, 1.165) is 25.7 Å². The third-order valence-electron chi connectivity index (χ3n) is 2.95. The van der Waals surface area contributed by atoms with Gasteiger partial charge in [-0.2, -0.15) is 0 Å². The van der Waals surface area contributed by atoms with Gasteiger partial charge in [0.05, 0.1) is 6.61 Å². The number of nitrogens with one attached hydrogen (secondary N) is 1. The van der Waals surface area contributed by atoms with Crippen molar-refractivity contribution in [2.75, 3.05) is 13.2 Å². The Labute approximate surface area is 124 Å². The van der Waals surface area contributed by atoms with E-state index in [9.17, 15) is 4.79 Å². The number of allylic oxidation sites excluding steroid dienone is 3. The van der Waals surface area contributed by atoms with Gasteiger partial charge in [0, 0.05) is 6.54 Å². The summed E-state index contributed by atoms with van der Waals surface area (Å²) < 4.78 is 5.10. The predicted octanol–water partition coefficient (Wildman–Crippen LogP) is 4.84. The fourth-order valence-corrected chi connectivity index (χ4v) is 1.71. The van der Waals surface area contributed by atoms with Gasteiger partial charge in [-0.25, -0.2) is 4.79 Å². The molecule has 0 heterocycles. The molecule has 0 fully saturated rings. The highest BCUT2D eigenvalue weighted by atomic mass is 16.5. The number of hydrogen-bond donors (Lipinski definition) is 1. The zero-order chi connectivity index (χ0) is 15.4. The Morgan fingerprint density at radius 1 is 1.20 bits per heavy atom. The van der Waals surface area contributed by atoms with Gasteiger partial charge in [0.25, 0.3) is 0 Å². The van der Waals surface area contributed by atoms with Crippen LogP contribution in [-0.4, -0.2) is 19.2 Å². The van der Waals surface area contributed by atoms with E-state index in [1.807, 2.05) is 6.08 Å². The minimum Gasteiger partial charge on any atom is -0.450 e. The first-order valence-electron chi connectivity index (χ1n) is 7.61. The fourth-order valence-electron chi connectivity index (χ4n) is 1.71. The van der Waals surface area contributed by atoms with Crippen LogP contribution in [0.4, 0.5) is 4.79 Å². The second-order valence-corrected chi connectivity index (χ2v) is 5.92. The first-order valence-corrected chi connectivity index (χ1v) is 7.61. The molecule has 0 aromatic heterocycles. The molecule has 0 saturated carbocycles. The number of rotatable bonds is 9. The highest BCUT2D eigenvalue weighted by Crippen LogP contribution is 2.06. The molecule has 3 nitrogen and oxygen atoms in total. The van der Waals surface area contributed by atoms with E-state index < -0.39 is 0 Å². The van der Waals surface area contributed by atoms with Crippen molar-refractivity contribution >= 4 is 6.09 Å². The predicted molar refractivity (Wildman–Crippen MR) is 85.8 cm³/mol. The van der Waals surface area contributed by atoms with Gasteiger partial charge < -0.3 is 10.1 Å². The first-order chi connectivity index (χ1) is 9.41. The molecule has 0 aromatic rings. The monoisotopic (exact) mass is 281 g/mol.